The molecule has 0 spiro atoms. The lowest BCUT2D eigenvalue weighted by Gasteiger charge is -2.38. The van der Waals surface area contributed by atoms with Crippen LogP contribution in [0.1, 0.15) is 50.8 Å². The Morgan fingerprint density at radius 1 is 1.55 bits per heavy atom. The van der Waals surface area contributed by atoms with Crippen LogP contribution in [-0.2, 0) is 4.79 Å². The van der Waals surface area contributed by atoms with Gasteiger partial charge in [-0.1, -0.05) is 0 Å². The minimum absolute atomic E-state index is 0.112. The van der Waals surface area contributed by atoms with Gasteiger partial charge in [-0.05, 0) is 39.0 Å². The number of nitrogens with one attached hydrogen (secondary N) is 1. The zero-order valence-corrected chi connectivity index (χ0v) is 12.2. The molecule has 0 bridgehead atoms. The first-order chi connectivity index (χ1) is 9.41. The van der Waals surface area contributed by atoms with Crippen molar-refractivity contribution in [1.82, 2.24) is 5.32 Å². The number of hydrogen-bond acceptors (Lipinski definition) is 4. The molecule has 4 nitrogen and oxygen atoms in total. The van der Waals surface area contributed by atoms with E-state index >= 15 is 0 Å². The van der Waals surface area contributed by atoms with Crippen LogP contribution >= 0.6 is 0 Å². The maximum atomic E-state index is 11.1. The van der Waals surface area contributed by atoms with E-state index in [2.05, 4.69) is 11.4 Å². The number of nitriles is 1. The van der Waals surface area contributed by atoms with Crippen LogP contribution in [0.5, 0.6) is 5.75 Å². The fourth-order valence-electron chi connectivity index (χ4n) is 2.53. The highest BCUT2D eigenvalue weighted by molar-refractivity contribution is 5.75. The van der Waals surface area contributed by atoms with Crippen molar-refractivity contribution in [3.63, 3.8) is 0 Å². The fourth-order valence-corrected chi connectivity index (χ4v) is 2.53. The van der Waals surface area contributed by atoms with Gasteiger partial charge >= 0.3 is 0 Å². The lowest BCUT2D eigenvalue weighted by atomic mass is 9.89. The van der Waals surface area contributed by atoms with Crippen molar-refractivity contribution >= 4 is 5.78 Å². The Kier molecular flexibility index (Phi) is 4.10. The Bertz CT molecular complexity index is 558. The SMILES string of the molecule is CC(=O)CCNC1CC(C)(C)Oc2ccc(C#N)cc21. The molecule has 0 saturated heterocycles. The van der Waals surface area contributed by atoms with E-state index in [1.165, 1.54) is 0 Å². The van der Waals surface area contributed by atoms with E-state index in [1.807, 2.05) is 26.0 Å². The van der Waals surface area contributed by atoms with E-state index in [-0.39, 0.29) is 17.4 Å². The van der Waals surface area contributed by atoms with Crippen LogP contribution < -0.4 is 10.1 Å². The third-order valence-electron chi connectivity index (χ3n) is 3.46. The van der Waals surface area contributed by atoms with Crippen LogP contribution in [0.25, 0.3) is 0 Å². The van der Waals surface area contributed by atoms with Gasteiger partial charge in [0.15, 0.2) is 0 Å². The summed E-state index contributed by atoms with van der Waals surface area (Å²) >= 11 is 0. The zero-order valence-electron chi connectivity index (χ0n) is 12.2. The first-order valence-electron chi connectivity index (χ1n) is 6.87. The monoisotopic (exact) mass is 272 g/mol. The van der Waals surface area contributed by atoms with Gasteiger partial charge in [-0.15, -0.1) is 0 Å². The molecular weight excluding hydrogens is 252 g/mol. The molecule has 20 heavy (non-hydrogen) atoms. The van der Waals surface area contributed by atoms with Gasteiger partial charge in [-0.3, -0.25) is 4.79 Å². The summed E-state index contributed by atoms with van der Waals surface area (Å²) in [6, 6.07) is 7.76. The van der Waals surface area contributed by atoms with Crippen molar-refractivity contribution in [3.8, 4) is 11.8 Å². The minimum atomic E-state index is -0.255. The summed E-state index contributed by atoms with van der Waals surface area (Å²) in [4.78, 5) is 11.1. The molecule has 0 aliphatic carbocycles. The van der Waals surface area contributed by atoms with Crippen molar-refractivity contribution in [2.45, 2.75) is 45.3 Å². The van der Waals surface area contributed by atoms with Gasteiger partial charge in [0.2, 0.25) is 0 Å². The van der Waals surface area contributed by atoms with Crippen molar-refractivity contribution in [1.29, 1.82) is 5.26 Å². The molecular formula is C16H20N2O2. The normalized spacial score (nSPS) is 19.6. The van der Waals surface area contributed by atoms with E-state index in [4.69, 9.17) is 10.00 Å². The third kappa shape index (κ3) is 3.37. The lowest BCUT2D eigenvalue weighted by Crippen LogP contribution is -2.40. The van der Waals surface area contributed by atoms with E-state index in [9.17, 15) is 4.79 Å². The summed E-state index contributed by atoms with van der Waals surface area (Å²) in [5.41, 5.74) is 1.38. The second-order valence-electron chi connectivity index (χ2n) is 5.89. The number of rotatable bonds is 4. The van der Waals surface area contributed by atoms with E-state index in [0.29, 0.717) is 18.5 Å². The molecule has 0 saturated carbocycles. The van der Waals surface area contributed by atoms with Crippen LogP contribution in [0.15, 0.2) is 18.2 Å². The molecule has 0 fully saturated rings. The predicted molar refractivity (Wildman–Crippen MR) is 76.5 cm³/mol. The molecule has 0 aromatic heterocycles. The fraction of sp³-hybridized carbons (Fsp3) is 0.500. The molecule has 0 radical (unpaired) electrons. The van der Waals surface area contributed by atoms with Gasteiger partial charge < -0.3 is 10.1 Å². The Morgan fingerprint density at radius 3 is 2.95 bits per heavy atom. The summed E-state index contributed by atoms with van der Waals surface area (Å²) in [5.74, 6) is 0.996. The van der Waals surface area contributed by atoms with E-state index in [0.717, 1.165) is 17.7 Å². The quantitative estimate of drug-likeness (QED) is 0.915. The van der Waals surface area contributed by atoms with Gasteiger partial charge in [0.25, 0.3) is 0 Å². The summed E-state index contributed by atoms with van der Waals surface area (Å²) < 4.78 is 5.96. The molecule has 2 rings (SSSR count). The number of fused-ring (bicyclic) bond motifs is 1. The molecule has 106 valence electrons. The number of ether oxygens (including phenoxy) is 1. The molecule has 1 unspecified atom stereocenters. The van der Waals surface area contributed by atoms with Crippen LogP contribution in [0.2, 0.25) is 0 Å². The van der Waals surface area contributed by atoms with Gasteiger partial charge in [-0.25, -0.2) is 0 Å². The topological polar surface area (TPSA) is 62.1 Å². The van der Waals surface area contributed by atoms with E-state index in [1.54, 1.807) is 13.0 Å². The molecule has 1 aromatic carbocycles. The van der Waals surface area contributed by atoms with Crippen molar-refractivity contribution < 1.29 is 9.53 Å². The molecule has 1 aliphatic rings. The van der Waals surface area contributed by atoms with Gasteiger partial charge in [0.1, 0.15) is 17.1 Å². The number of nitrogens with zero attached hydrogens (tertiary/aromatic N) is 1. The average molecular weight is 272 g/mol. The third-order valence-corrected chi connectivity index (χ3v) is 3.46. The lowest BCUT2D eigenvalue weighted by molar-refractivity contribution is -0.116. The molecule has 1 N–H and O–H groups in total. The number of carbonyl (C=O) groups is 1. The number of benzene rings is 1. The molecule has 0 amide bonds. The van der Waals surface area contributed by atoms with Crippen LogP contribution in [0.4, 0.5) is 0 Å². The zero-order chi connectivity index (χ0) is 14.8. The largest absolute Gasteiger partial charge is 0.487 e. The molecule has 1 heterocycles. The smallest absolute Gasteiger partial charge is 0.131 e. The Morgan fingerprint density at radius 2 is 2.30 bits per heavy atom. The Labute approximate surface area is 119 Å². The summed E-state index contributed by atoms with van der Waals surface area (Å²) in [5, 5.41) is 12.4. The highest BCUT2D eigenvalue weighted by Crippen LogP contribution is 2.39. The minimum Gasteiger partial charge on any atom is -0.487 e. The molecule has 4 heteroatoms. The molecule has 1 aliphatic heterocycles. The van der Waals surface area contributed by atoms with Crippen molar-refractivity contribution in [2.75, 3.05) is 6.54 Å². The highest BCUT2D eigenvalue weighted by Gasteiger charge is 2.33. The van der Waals surface area contributed by atoms with Crippen molar-refractivity contribution in [3.05, 3.63) is 29.3 Å². The Balaban J connectivity index is 2.23. The second kappa shape index (κ2) is 5.64. The number of hydrogen-bond donors (Lipinski definition) is 1. The van der Waals surface area contributed by atoms with Crippen LogP contribution in [-0.4, -0.2) is 17.9 Å². The molecule has 1 aromatic rings. The number of ketones is 1. The van der Waals surface area contributed by atoms with Crippen LogP contribution in [0.3, 0.4) is 0 Å². The maximum absolute atomic E-state index is 11.1. The molecule has 1 atom stereocenters. The average Bonchev–Trinajstić information content (AvgIpc) is 2.36. The van der Waals surface area contributed by atoms with Crippen molar-refractivity contribution in [2.24, 2.45) is 0 Å². The number of Topliss-reactive ketones (excluding diaryl/α,β-unsaturated/α-hetero) is 1. The maximum Gasteiger partial charge on any atom is 0.131 e. The van der Waals surface area contributed by atoms with Gasteiger partial charge in [0.05, 0.1) is 11.6 Å². The Hall–Kier alpha value is -1.86. The predicted octanol–water partition coefficient (Wildman–Crippen LogP) is 2.73. The van der Waals surface area contributed by atoms with E-state index < -0.39 is 0 Å². The first-order valence-corrected chi connectivity index (χ1v) is 6.87. The van der Waals surface area contributed by atoms with Crippen LogP contribution in [0, 0.1) is 11.3 Å². The standard InChI is InChI=1S/C16H20N2O2/c1-11(19)6-7-18-14-9-16(2,3)20-15-5-4-12(10-17)8-13(14)15/h4-5,8,14,18H,6-7,9H2,1-3H3. The summed E-state index contributed by atoms with van der Waals surface area (Å²) in [6.45, 7) is 6.34. The number of carbonyl (C=O) groups excluding carboxylic acids is 1. The summed E-state index contributed by atoms with van der Waals surface area (Å²) in [6.07, 6.45) is 1.33. The first kappa shape index (κ1) is 14.5. The van der Waals surface area contributed by atoms with Gasteiger partial charge in [-0.2, -0.15) is 5.26 Å². The summed E-state index contributed by atoms with van der Waals surface area (Å²) in [7, 11) is 0. The second-order valence-corrected chi connectivity index (χ2v) is 5.89. The van der Waals surface area contributed by atoms with Gasteiger partial charge in [0, 0.05) is 31.0 Å². The highest BCUT2D eigenvalue weighted by atomic mass is 16.5.